The van der Waals surface area contributed by atoms with Crippen LogP contribution < -0.4 is 5.32 Å². The third-order valence-corrected chi connectivity index (χ3v) is 4.44. The Labute approximate surface area is 129 Å². The minimum Gasteiger partial charge on any atom is -0.481 e. The number of hydrogen-bond acceptors (Lipinski definition) is 3. The first-order valence-corrected chi connectivity index (χ1v) is 8.01. The molecule has 1 aromatic heterocycles. The maximum absolute atomic E-state index is 10.9. The number of carboxylic acids is 1. The van der Waals surface area contributed by atoms with Crippen molar-refractivity contribution in [2.75, 3.05) is 0 Å². The van der Waals surface area contributed by atoms with Crippen molar-refractivity contribution in [3.05, 3.63) is 57.8 Å². The first-order valence-electron chi connectivity index (χ1n) is 7.13. The molecule has 1 heterocycles. The van der Waals surface area contributed by atoms with E-state index in [4.69, 9.17) is 5.11 Å². The lowest BCUT2D eigenvalue weighted by atomic mass is 10.0. The van der Waals surface area contributed by atoms with Crippen LogP contribution in [0.25, 0.3) is 0 Å². The number of hydrogen-bond donors (Lipinski definition) is 2. The van der Waals surface area contributed by atoms with Crippen LogP contribution in [0.1, 0.15) is 35.9 Å². The summed E-state index contributed by atoms with van der Waals surface area (Å²) in [5, 5.41) is 14.6. The van der Waals surface area contributed by atoms with Crippen LogP contribution in [-0.4, -0.2) is 11.1 Å². The van der Waals surface area contributed by atoms with Crippen molar-refractivity contribution in [2.24, 2.45) is 5.92 Å². The molecular weight excluding hydrogens is 282 g/mol. The molecule has 2 rings (SSSR count). The van der Waals surface area contributed by atoms with Gasteiger partial charge in [-0.05, 0) is 28.5 Å². The number of carbonyl (C=O) groups is 1. The molecule has 0 saturated carbocycles. The molecule has 0 radical (unpaired) electrons. The van der Waals surface area contributed by atoms with E-state index in [1.54, 1.807) is 11.3 Å². The van der Waals surface area contributed by atoms with Gasteiger partial charge in [-0.15, -0.1) is 11.3 Å². The zero-order chi connectivity index (χ0) is 15.2. The van der Waals surface area contributed by atoms with Gasteiger partial charge in [0.05, 0.1) is 6.42 Å². The highest BCUT2D eigenvalue weighted by molar-refractivity contribution is 7.10. The van der Waals surface area contributed by atoms with Gasteiger partial charge in [0.2, 0.25) is 0 Å². The van der Waals surface area contributed by atoms with Crippen molar-refractivity contribution in [1.82, 2.24) is 5.32 Å². The Morgan fingerprint density at radius 3 is 2.48 bits per heavy atom. The zero-order valence-electron chi connectivity index (χ0n) is 12.4. The fraction of sp³-hybridized carbons (Fsp3) is 0.353. The van der Waals surface area contributed by atoms with E-state index in [9.17, 15) is 4.79 Å². The second kappa shape index (κ2) is 7.38. The van der Waals surface area contributed by atoms with Crippen LogP contribution in [0.3, 0.4) is 0 Å². The van der Waals surface area contributed by atoms with Crippen LogP contribution in [-0.2, 0) is 17.8 Å². The summed E-state index contributed by atoms with van der Waals surface area (Å²) in [4.78, 5) is 12.3. The molecule has 0 bridgehead atoms. The molecule has 4 heteroatoms. The van der Waals surface area contributed by atoms with Gasteiger partial charge < -0.3 is 10.4 Å². The lowest BCUT2D eigenvalue weighted by molar-refractivity contribution is -0.136. The molecule has 0 aliphatic carbocycles. The quantitative estimate of drug-likeness (QED) is 0.816. The fourth-order valence-corrected chi connectivity index (χ4v) is 3.39. The fourth-order valence-electron chi connectivity index (χ4n) is 2.42. The molecule has 0 fully saturated rings. The Morgan fingerprint density at radius 1 is 1.19 bits per heavy atom. The van der Waals surface area contributed by atoms with Crippen LogP contribution in [0, 0.1) is 5.92 Å². The molecule has 1 unspecified atom stereocenters. The SMILES string of the molecule is CC(C)C(NCc1ccccc1CC(=O)O)c1cccs1. The van der Waals surface area contributed by atoms with Crippen molar-refractivity contribution >= 4 is 17.3 Å². The van der Waals surface area contributed by atoms with Gasteiger partial charge in [-0.25, -0.2) is 0 Å². The van der Waals surface area contributed by atoms with Gasteiger partial charge in [0.15, 0.2) is 0 Å². The number of carboxylic acid groups (broad SMARTS) is 1. The van der Waals surface area contributed by atoms with E-state index in [1.807, 2.05) is 24.3 Å². The van der Waals surface area contributed by atoms with E-state index >= 15 is 0 Å². The maximum Gasteiger partial charge on any atom is 0.307 e. The first kappa shape index (κ1) is 15.7. The standard InChI is InChI=1S/C17H21NO2S/c1-12(2)17(15-8-5-9-21-15)18-11-14-7-4-3-6-13(14)10-16(19)20/h3-9,12,17-18H,10-11H2,1-2H3,(H,19,20). The molecular formula is C17H21NO2S. The summed E-state index contributed by atoms with van der Waals surface area (Å²) in [7, 11) is 0. The maximum atomic E-state index is 10.9. The topological polar surface area (TPSA) is 49.3 Å². The summed E-state index contributed by atoms with van der Waals surface area (Å²) < 4.78 is 0. The smallest absolute Gasteiger partial charge is 0.307 e. The van der Waals surface area contributed by atoms with Crippen molar-refractivity contribution in [1.29, 1.82) is 0 Å². The van der Waals surface area contributed by atoms with Gasteiger partial charge in [-0.1, -0.05) is 44.2 Å². The number of nitrogens with one attached hydrogen (secondary N) is 1. The van der Waals surface area contributed by atoms with E-state index in [0.717, 1.165) is 11.1 Å². The van der Waals surface area contributed by atoms with Crippen LogP contribution in [0.2, 0.25) is 0 Å². The highest BCUT2D eigenvalue weighted by Gasteiger charge is 2.16. The molecule has 0 aliphatic rings. The summed E-state index contributed by atoms with van der Waals surface area (Å²) in [5.41, 5.74) is 1.94. The van der Waals surface area contributed by atoms with Gasteiger partial charge in [0.1, 0.15) is 0 Å². The van der Waals surface area contributed by atoms with Crippen LogP contribution in [0.4, 0.5) is 0 Å². The molecule has 1 aromatic carbocycles. The lowest BCUT2D eigenvalue weighted by Gasteiger charge is -2.22. The molecule has 0 amide bonds. The Hall–Kier alpha value is -1.65. The number of rotatable bonds is 7. The van der Waals surface area contributed by atoms with Gasteiger partial charge in [-0.2, -0.15) is 0 Å². The number of aliphatic carboxylic acids is 1. The molecule has 112 valence electrons. The van der Waals surface area contributed by atoms with Gasteiger partial charge in [0.25, 0.3) is 0 Å². The molecule has 21 heavy (non-hydrogen) atoms. The van der Waals surface area contributed by atoms with Gasteiger partial charge >= 0.3 is 5.97 Å². The monoisotopic (exact) mass is 303 g/mol. The van der Waals surface area contributed by atoms with E-state index < -0.39 is 5.97 Å². The number of thiophene rings is 1. The minimum atomic E-state index is -0.791. The van der Waals surface area contributed by atoms with E-state index in [-0.39, 0.29) is 6.42 Å². The zero-order valence-corrected chi connectivity index (χ0v) is 13.2. The first-order chi connectivity index (χ1) is 10.1. The number of benzene rings is 1. The van der Waals surface area contributed by atoms with E-state index in [0.29, 0.717) is 18.5 Å². The molecule has 2 N–H and O–H groups in total. The molecule has 2 aromatic rings. The molecule has 3 nitrogen and oxygen atoms in total. The highest BCUT2D eigenvalue weighted by Crippen LogP contribution is 2.26. The molecule has 0 saturated heterocycles. The summed E-state index contributed by atoms with van der Waals surface area (Å²) in [6.07, 6.45) is 0.0726. The summed E-state index contributed by atoms with van der Waals surface area (Å²) in [6.45, 7) is 5.07. The molecule has 1 atom stereocenters. The minimum absolute atomic E-state index is 0.0726. The van der Waals surface area contributed by atoms with Gasteiger partial charge in [-0.3, -0.25) is 4.79 Å². The van der Waals surface area contributed by atoms with Crippen molar-refractivity contribution in [3.63, 3.8) is 0 Å². The Kier molecular flexibility index (Phi) is 5.53. The Balaban J connectivity index is 2.09. The average Bonchev–Trinajstić information content (AvgIpc) is 2.93. The van der Waals surface area contributed by atoms with E-state index in [1.165, 1.54) is 4.88 Å². The summed E-state index contributed by atoms with van der Waals surface area (Å²) >= 11 is 1.75. The third kappa shape index (κ3) is 4.41. The van der Waals surface area contributed by atoms with E-state index in [2.05, 4.69) is 36.7 Å². The normalized spacial score (nSPS) is 12.5. The third-order valence-electron chi connectivity index (χ3n) is 3.49. The highest BCUT2D eigenvalue weighted by atomic mass is 32.1. The van der Waals surface area contributed by atoms with Crippen molar-refractivity contribution in [2.45, 2.75) is 32.9 Å². The summed E-state index contributed by atoms with van der Waals surface area (Å²) in [5.74, 6) is -0.309. The second-order valence-electron chi connectivity index (χ2n) is 5.46. The van der Waals surface area contributed by atoms with Crippen LogP contribution in [0.5, 0.6) is 0 Å². The van der Waals surface area contributed by atoms with Crippen molar-refractivity contribution < 1.29 is 9.90 Å². The lowest BCUT2D eigenvalue weighted by Crippen LogP contribution is -2.25. The summed E-state index contributed by atoms with van der Waals surface area (Å²) in [6, 6.07) is 12.2. The van der Waals surface area contributed by atoms with Crippen molar-refractivity contribution in [3.8, 4) is 0 Å². The predicted molar refractivity (Wildman–Crippen MR) is 86.5 cm³/mol. The molecule has 0 aliphatic heterocycles. The Bertz CT molecular complexity index is 578. The Morgan fingerprint density at radius 2 is 1.90 bits per heavy atom. The van der Waals surface area contributed by atoms with Crippen LogP contribution in [0.15, 0.2) is 41.8 Å². The average molecular weight is 303 g/mol. The molecule has 0 spiro atoms. The predicted octanol–water partition coefficient (Wildman–Crippen LogP) is 3.86. The van der Waals surface area contributed by atoms with Gasteiger partial charge in [0, 0.05) is 17.5 Å². The van der Waals surface area contributed by atoms with Crippen LogP contribution >= 0.6 is 11.3 Å². The largest absolute Gasteiger partial charge is 0.481 e. The second-order valence-corrected chi connectivity index (χ2v) is 6.44.